The average molecular weight is 260 g/mol. The highest BCUT2D eigenvalue weighted by molar-refractivity contribution is 7.10. The lowest BCUT2D eigenvalue weighted by molar-refractivity contribution is 0.0455. The summed E-state index contributed by atoms with van der Waals surface area (Å²) in [6.45, 7) is 1.69. The lowest BCUT2D eigenvalue weighted by atomic mass is 9.97. The molecule has 0 spiro atoms. The van der Waals surface area contributed by atoms with Crippen molar-refractivity contribution in [2.24, 2.45) is 0 Å². The fourth-order valence-corrected chi connectivity index (χ4v) is 3.53. The van der Waals surface area contributed by atoms with Gasteiger partial charge in [0, 0.05) is 35.8 Å². The molecule has 0 saturated heterocycles. The van der Waals surface area contributed by atoms with E-state index in [2.05, 4.69) is 27.8 Å². The monoisotopic (exact) mass is 260 g/mol. The molecular weight excluding hydrogens is 244 g/mol. The summed E-state index contributed by atoms with van der Waals surface area (Å²) < 4.78 is 5.89. The van der Waals surface area contributed by atoms with E-state index in [1.807, 2.05) is 30.8 Å². The Balaban J connectivity index is 2.05. The molecule has 2 aromatic rings. The van der Waals surface area contributed by atoms with Crippen molar-refractivity contribution in [1.29, 1.82) is 0 Å². The number of hydrogen-bond donors (Lipinski definition) is 1. The highest BCUT2D eigenvalue weighted by Gasteiger charge is 2.25. The van der Waals surface area contributed by atoms with E-state index in [-0.39, 0.29) is 6.10 Å². The highest BCUT2D eigenvalue weighted by atomic mass is 32.1. The van der Waals surface area contributed by atoms with Gasteiger partial charge in [0.15, 0.2) is 0 Å². The molecule has 2 aromatic heterocycles. The summed E-state index contributed by atoms with van der Waals surface area (Å²) in [6, 6.07) is 4.13. The van der Waals surface area contributed by atoms with Gasteiger partial charge in [-0.05, 0) is 35.7 Å². The van der Waals surface area contributed by atoms with Crippen LogP contribution in [0, 0.1) is 0 Å². The number of ether oxygens (including phenoxy) is 1. The maximum atomic E-state index is 5.89. The molecule has 1 atom stereocenters. The van der Waals surface area contributed by atoms with Crippen LogP contribution in [-0.4, -0.2) is 25.2 Å². The van der Waals surface area contributed by atoms with E-state index < -0.39 is 0 Å². The van der Waals surface area contributed by atoms with E-state index in [1.165, 1.54) is 21.6 Å². The molecule has 0 amide bonds. The van der Waals surface area contributed by atoms with Gasteiger partial charge in [-0.1, -0.05) is 0 Å². The third kappa shape index (κ3) is 2.07. The van der Waals surface area contributed by atoms with Crippen molar-refractivity contribution in [3.05, 3.63) is 40.3 Å². The number of fused-ring (bicyclic) bond motifs is 1. The number of likely N-dealkylation sites (N-methyl/N-ethyl adjacent to an activating group) is 1. The summed E-state index contributed by atoms with van der Waals surface area (Å²) >= 11 is 1.85. The maximum absolute atomic E-state index is 5.89. The van der Waals surface area contributed by atoms with E-state index in [1.54, 1.807) is 0 Å². The second-order valence-electron chi connectivity index (χ2n) is 4.39. The van der Waals surface area contributed by atoms with Gasteiger partial charge in [0.1, 0.15) is 0 Å². The number of aromatic nitrogens is 1. The number of thiophene rings is 1. The van der Waals surface area contributed by atoms with Crippen molar-refractivity contribution < 1.29 is 4.74 Å². The van der Waals surface area contributed by atoms with Gasteiger partial charge in [-0.25, -0.2) is 0 Å². The molecule has 3 nitrogen and oxygen atoms in total. The van der Waals surface area contributed by atoms with Crippen LogP contribution in [-0.2, 0) is 11.2 Å². The first-order valence-corrected chi connectivity index (χ1v) is 7.05. The molecular formula is C14H16N2OS. The highest BCUT2D eigenvalue weighted by Crippen LogP contribution is 2.39. The Morgan fingerprint density at radius 3 is 3.06 bits per heavy atom. The first kappa shape index (κ1) is 11.8. The van der Waals surface area contributed by atoms with Gasteiger partial charge >= 0.3 is 0 Å². The maximum Gasteiger partial charge on any atom is 0.0965 e. The van der Waals surface area contributed by atoms with Gasteiger partial charge in [-0.2, -0.15) is 0 Å². The molecule has 0 aromatic carbocycles. The van der Waals surface area contributed by atoms with Crippen molar-refractivity contribution in [1.82, 2.24) is 10.3 Å². The Bertz CT molecular complexity index is 524. The van der Waals surface area contributed by atoms with Crippen LogP contribution in [0.25, 0.3) is 11.1 Å². The van der Waals surface area contributed by atoms with Crippen LogP contribution >= 0.6 is 11.3 Å². The molecule has 94 valence electrons. The second-order valence-corrected chi connectivity index (χ2v) is 5.35. The Hall–Kier alpha value is -1.23. The lowest BCUT2D eigenvalue weighted by Gasteiger charge is -2.24. The predicted octanol–water partition coefficient (Wildman–Crippen LogP) is 2.64. The Kier molecular flexibility index (Phi) is 3.41. The number of hydrogen-bond acceptors (Lipinski definition) is 4. The summed E-state index contributed by atoms with van der Waals surface area (Å²) in [5, 5.41) is 5.46. The van der Waals surface area contributed by atoms with Gasteiger partial charge in [-0.15, -0.1) is 11.3 Å². The van der Waals surface area contributed by atoms with Crippen molar-refractivity contribution in [2.75, 3.05) is 20.2 Å². The van der Waals surface area contributed by atoms with E-state index >= 15 is 0 Å². The largest absolute Gasteiger partial charge is 0.372 e. The Morgan fingerprint density at radius 1 is 1.44 bits per heavy atom. The zero-order chi connectivity index (χ0) is 12.4. The Labute approximate surface area is 111 Å². The number of nitrogens with zero attached hydrogens (tertiary/aromatic N) is 1. The zero-order valence-corrected chi connectivity index (χ0v) is 11.2. The van der Waals surface area contributed by atoms with E-state index in [0.29, 0.717) is 0 Å². The molecule has 3 heterocycles. The summed E-state index contributed by atoms with van der Waals surface area (Å²) in [6.07, 6.45) is 4.89. The van der Waals surface area contributed by atoms with Crippen molar-refractivity contribution >= 4 is 11.3 Å². The third-order valence-corrected chi connectivity index (χ3v) is 4.32. The normalized spacial score (nSPS) is 18.6. The van der Waals surface area contributed by atoms with Crippen LogP contribution in [0.5, 0.6) is 0 Å². The first-order chi connectivity index (χ1) is 8.90. The predicted molar refractivity (Wildman–Crippen MR) is 73.9 cm³/mol. The number of nitrogens with one attached hydrogen (secondary N) is 1. The van der Waals surface area contributed by atoms with E-state index in [4.69, 9.17) is 4.74 Å². The molecule has 0 bridgehead atoms. The quantitative estimate of drug-likeness (QED) is 0.921. The molecule has 3 rings (SSSR count). The smallest absolute Gasteiger partial charge is 0.0965 e. The van der Waals surface area contributed by atoms with Gasteiger partial charge < -0.3 is 10.1 Å². The minimum Gasteiger partial charge on any atom is -0.372 e. The molecule has 4 heteroatoms. The minimum absolute atomic E-state index is 0.174. The van der Waals surface area contributed by atoms with Gasteiger partial charge in [0.2, 0.25) is 0 Å². The topological polar surface area (TPSA) is 34.1 Å². The molecule has 1 unspecified atom stereocenters. The first-order valence-electron chi connectivity index (χ1n) is 6.17. The van der Waals surface area contributed by atoms with Gasteiger partial charge in [0.25, 0.3) is 0 Å². The third-order valence-electron chi connectivity index (χ3n) is 3.26. The number of rotatable bonds is 3. The molecule has 0 fully saturated rings. The molecule has 0 radical (unpaired) electrons. The van der Waals surface area contributed by atoms with Crippen LogP contribution in [0.3, 0.4) is 0 Å². The molecule has 0 saturated carbocycles. The van der Waals surface area contributed by atoms with Crippen LogP contribution in [0.4, 0.5) is 0 Å². The van der Waals surface area contributed by atoms with Crippen LogP contribution in [0.1, 0.15) is 16.5 Å². The van der Waals surface area contributed by atoms with Crippen LogP contribution < -0.4 is 5.32 Å². The fourth-order valence-electron chi connectivity index (χ4n) is 2.43. The molecule has 1 aliphatic rings. The summed E-state index contributed by atoms with van der Waals surface area (Å²) in [7, 11) is 1.97. The summed E-state index contributed by atoms with van der Waals surface area (Å²) in [5.41, 5.74) is 3.90. The SMILES string of the molecule is CNCC1OCCc2scc(-c3ccncc3)c21. The van der Waals surface area contributed by atoms with Crippen molar-refractivity contribution in [3.63, 3.8) is 0 Å². The van der Waals surface area contributed by atoms with Crippen molar-refractivity contribution in [3.8, 4) is 11.1 Å². The Morgan fingerprint density at radius 2 is 2.28 bits per heavy atom. The molecule has 18 heavy (non-hydrogen) atoms. The average Bonchev–Trinajstić information content (AvgIpc) is 2.85. The zero-order valence-electron chi connectivity index (χ0n) is 10.3. The standard InChI is InChI=1S/C14H16N2OS/c1-15-8-12-14-11(10-2-5-16-6-3-10)9-18-13(14)4-7-17-12/h2-3,5-6,9,12,15H,4,7-8H2,1H3. The minimum atomic E-state index is 0.174. The summed E-state index contributed by atoms with van der Waals surface area (Å²) in [4.78, 5) is 5.55. The molecule has 1 N–H and O–H groups in total. The van der Waals surface area contributed by atoms with Gasteiger partial charge in [0.05, 0.1) is 12.7 Å². The fraction of sp³-hybridized carbons (Fsp3) is 0.357. The van der Waals surface area contributed by atoms with Crippen molar-refractivity contribution in [2.45, 2.75) is 12.5 Å². The van der Waals surface area contributed by atoms with Gasteiger partial charge in [-0.3, -0.25) is 4.98 Å². The second kappa shape index (κ2) is 5.18. The van der Waals surface area contributed by atoms with Crippen LogP contribution in [0.15, 0.2) is 29.9 Å². The molecule has 1 aliphatic heterocycles. The molecule has 0 aliphatic carbocycles. The lowest BCUT2D eigenvalue weighted by Crippen LogP contribution is -2.24. The van der Waals surface area contributed by atoms with Crippen LogP contribution in [0.2, 0.25) is 0 Å². The van der Waals surface area contributed by atoms with E-state index in [0.717, 1.165) is 19.6 Å². The number of pyridine rings is 1. The summed E-state index contributed by atoms with van der Waals surface area (Å²) in [5.74, 6) is 0. The van der Waals surface area contributed by atoms with E-state index in [9.17, 15) is 0 Å².